The Labute approximate surface area is 161 Å². The van der Waals surface area contributed by atoms with Crippen LogP contribution in [-0.4, -0.2) is 47.6 Å². The predicted octanol–water partition coefficient (Wildman–Crippen LogP) is 2.47. The van der Waals surface area contributed by atoms with E-state index in [1.54, 1.807) is 4.31 Å². The number of nitrogens with zero attached hydrogens (tertiary/aromatic N) is 4. The Kier molecular flexibility index (Phi) is 5.14. The van der Waals surface area contributed by atoms with Gasteiger partial charge in [0.05, 0.1) is 5.25 Å². The summed E-state index contributed by atoms with van der Waals surface area (Å²) in [5.74, 6) is 0.893. The van der Waals surface area contributed by atoms with Gasteiger partial charge in [-0.3, -0.25) is 0 Å². The summed E-state index contributed by atoms with van der Waals surface area (Å²) in [5, 5.41) is -0.291. The molecule has 2 aliphatic rings. The normalized spacial score (nSPS) is 25.1. The number of rotatable bonds is 4. The second-order valence-corrected chi connectivity index (χ2v) is 9.58. The van der Waals surface area contributed by atoms with Crippen LogP contribution >= 0.6 is 0 Å². The molecule has 0 bridgehead atoms. The van der Waals surface area contributed by atoms with Crippen LogP contribution in [-0.2, 0) is 23.0 Å². The topological polar surface area (TPSA) is 66.4 Å². The summed E-state index contributed by atoms with van der Waals surface area (Å²) in [6.45, 7) is 4.66. The van der Waals surface area contributed by atoms with Crippen LogP contribution in [0.5, 0.6) is 0 Å². The van der Waals surface area contributed by atoms with Crippen molar-refractivity contribution in [3.63, 3.8) is 0 Å². The SMILES string of the molecule is CCc1cnc(N2CC[C@@H]3CN(Cc4ccccc4)S(=O)(=O)[C@@H]3CC2)nc1. The molecule has 2 aliphatic heterocycles. The van der Waals surface area contributed by atoms with Gasteiger partial charge in [-0.05, 0) is 36.3 Å². The van der Waals surface area contributed by atoms with E-state index in [2.05, 4.69) is 21.8 Å². The van der Waals surface area contributed by atoms with Crippen molar-refractivity contribution in [1.29, 1.82) is 0 Å². The van der Waals surface area contributed by atoms with E-state index in [4.69, 9.17) is 0 Å². The molecule has 1 aromatic carbocycles. The van der Waals surface area contributed by atoms with Gasteiger partial charge in [-0.25, -0.2) is 18.4 Å². The first-order chi connectivity index (χ1) is 13.1. The molecule has 2 atom stereocenters. The van der Waals surface area contributed by atoms with Gasteiger partial charge < -0.3 is 4.90 Å². The summed E-state index contributed by atoms with van der Waals surface area (Å²) in [6, 6.07) is 9.84. The number of sulfonamides is 1. The highest BCUT2D eigenvalue weighted by atomic mass is 32.2. The van der Waals surface area contributed by atoms with Crippen LogP contribution in [0, 0.1) is 5.92 Å². The number of anilines is 1. The summed E-state index contributed by atoms with van der Waals surface area (Å²) in [6.07, 6.45) is 6.14. The highest BCUT2D eigenvalue weighted by molar-refractivity contribution is 7.90. The lowest BCUT2D eigenvalue weighted by Gasteiger charge is -2.22. The van der Waals surface area contributed by atoms with E-state index in [1.165, 1.54) is 0 Å². The quantitative estimate of drug-likeness (QED) is 0.808. The molecular formula is C20H26N4O2S. The van der Waals surface area contributed by atoms with E-state index in [1.807, 2.05) is 42.7 Å². The molecule has 1 aromatic heterocycles. The van der Waals surface area contributed by atoms with Crippen LogP contribution in [0.1, 0.15) is 30.9 Å². The molecule has 144 valence electrons. The van der Waals surface area contributed by atoms with Gasteiger partial charge in [0.2, 0.25) is 16.0 Å². The molecule has 2 fully saturated rings. The fraction of sp³-hybridized carbons (Fsp3) is 0.500. The zero-order valence-corrected chi connectivity index (χ0v) is 16.5. The number of aryl methyl sites for hydroxylation is 1. The summed E-state index contributed by atoms with van der Waals surface area (Å²) in [5.41, 5.74) is 2.16. The maximum atomic E-state index is 13.1. The van der Waals surface area contributed by atoms with Crippen molar-refractivity contribution in [3.8, 4) is 0 Å². The largest absolute Gasteiger partial charge is 0.341 e. The average Bonchev–Trinajstić information content (AvgIpc) is 2.83. The molecule has 3 heterocycles. The molecule has 0 radical (unpaired) electrons. The van der Waals surface area contributed by atoms with Gasteiger partial charge in [-0.15, -0.1) is 0 Å². The molecule has 0 N–H and O–H groups in total. The molecule has 0 spiro atoms. The average molecular weight is 387 g/mol. The highest BCUT2D eigenvalue weighted by Crippen LogP contribution is 2.35. The molecule has 0 unspecified atom stereocenters. The van der Waals surface area contributed by atoms with Gasteiger partial charge in [0.1, 0.15) is 0 Å². The number of aromatic nitrogens is 2. The lowest BCUT2D eigenvalue weighted by atomic mass is 10.0. The van der Waals surface area contributed by atoms with Gasteiger partial charge in [0.25, 0.3) is 0 Å². The number of hydrogen-bond donors (Lipinski definition) is 0. The number of fused-ring (bicyclic) bond motifs is 1. The third kappa shape index (κ3) is 3.71. The van der Waals surface area contributed by atoms with Gasteiger partial charge in [0.15, 0.2) is 0 Å². The lowest BCUT2D eigenvalue weighted by Crippen LogP contribution is -2.32. The predicted molar refractivity (Wildman–Crippen MR) is 106 cm³/mol. The number of benzene rings is 1. The first kappa shape index (κ1) is 18.4. The number of hydrogen-bond acceptors (Lipinski definition) is 5. The third-order valence-corrected chi connectivity index (χ3v) is 8.13. The molecule has 2 saturated heterocycles. The molecule has 4 rings (SSSR count). The van der Waals surface area contributed by atoms with Crippen molar-refractivity contribution < 1.29 is 8.42 Å². The minimum atomic E-state index is -3.26. The van der Waals surface area contributed by atoms with E-state index < -0.39 is 10.0 Å². The molecule has 7 heteroatoms. The minimum absolute atomic E-state index is 0.179. The highest BCUT2D eigenvalue weighted by Gasteiger charge is 2.46. The third-order valence-electron chi connectivity index (χ3n) is 5.74. The molecule has 27 heavy (non-hydrogen) atoms. The van der Waals surface area contributed by atoms with Crippen molar-refractivity contribution in [1.82, 2.24) is 14.3 Å². The fourth-order valence-corrected chi connectivity index (χ4v) is 6.35. The first-order valence-corrected chi connectivity index (χ1v) is 11.2. The van der Waals surface area contributed by atoms with Gasteiger partial charge in [-0.2, -0.15) is 4.31 Å². The Morgan fingerprint density at radius 2 is 1.74 bits per heavy atom. The van der Waals surface area contributed by atoms with E-state index in [0.29, 0.717) is 32.0 Å². The summed E-state index contributed by atoms with van der Waals surface area (Å²) in [7, 11) is -3.26. The van der Waals surface area contributed by atoms with Crippen LogP contribution in [0.15, 0.2) is 42.7 Å². The maximum Gasteiger partial charge on any atom is 0.225 e. The fourth-order valence-electron chi connectivity index (χ4n) is 4.13. The molecule has 0 saturated carbocycles. The van der Waals surface area contributed by atoms with Gasteiger partial charge in [0, 0.05) is 38.6 Å². The standard InChI is InChI=1S/C20H26N4O2S/c1-2-16-12-21-20(22-13-16)23-10-8-18-15-24(14-17-6-4-3-5-7-17)27(25,26)19(18)9-11-23/h3-7,12-13,18-19H,2,8-11,14-15H2,1H3/t18-,19-/m1/s1. The van der Waals surface area contributed by atoms with Crippen LogP contribution in [0.4, 0.5) is 5.95 Å². The zero-order chi connectivity index (χ0) is 18.9. The Morgan fingerprint density at radius 1 is 1.04 bits per heavy atom. The van der Waals surface area contributed by atoms with Crippen molar-refractivity contribution in [3.05, 3.63) is 53.9 Å². The first-order valence-electron chi connectivity index (χ1n) is 9.66. The Hall–Kier alpha value is -1.99. The van der Waals surface area contributed by atoms with Gasteiger partial charge >= 0.3 is 0 Å². The lowest BCUT2D eigenvalue weighted by molar-refractivity contribution is 0.381. The molecule has 0 aliphatic carbocycles. The van der Waals surface area contributed by atoms with E-state index >= 15 is 0 Å². The van der Waals surface area contributed by atoms with Crippen LogP contribution in [0.25, 0.3) is 0 Å². The molecule has 2 aromatic rings. The van der Waals surface area contributed by atoms with E-state index in [9.17, 15) is 8.42 Å². The van der Waals surface area contributed by atoms with E-state index in [0.717, 1.165) is 30.5 Å². The Bertz CT molecular complexity index is 871. The van der Waals surface area contributed by atoms with Crippen molar-refractivity contribution >= 4 is 16.0 Å². The van der Waals surface area contributed by atoms with Crippen LogP contribution in [0.3, 0.4) is 0 Å². The molecule has 6 nitrogen and oxygen atoms in total. The van der Waals surface area contributed by atoms with E-state index in [-0.39, 0.29) is 11.2 Å². The molecular weight excluding hydrogens is 360 g/mol. The van der Waals surface area contributed by atoms with Crippen molar-refractivity contribution in [2.45, 2.75) is 38.0 Å². The van der Waals surface area contributed by atoms with Crippen LogP contribution < -0.4 is 4.90 Å². The maximum absolute atomic E-state index is 13.1. The minimum Gasteiger partial charge on any atom is -0.341 e. The second kappa shape index (κ2) is 7.56. The Balaban J connectivity index is 1.46. The monoisotopic (exact) mass is 386 g/mol. The van der Waals surface area contributed by atoms with Crippen molar-refractivity contribution in [2.75, 3.05) is 24.5 Å². The summed E-state index contributed by atoms with van der Waals surface area (Å²) >= 11 is 0. The second-order valence-electron chi connectivity index (χ2n) is 7.43. The Morgan fingerprint density at radius 3 is 2.44 bits per heavy atom. The molecule has 0 amide bonds. The van der Waals surface area contributed by atoms with Crippen molar-refractivity contribution in [2.24, 2.45) is 5.92 Å². The zero-order valence-electron chi connectivity index (χ0n) is 15.7. The van der Waals surface area contributed by atoms with Crippen LogP contribution in [0.2, 0.25) is 0 Å². The summed E-state index contributed by atoms with van der Waals surface area (Å²) in [4.78, 5) is 11.1. The smallest absolute Gasteiger partial charge is 0.225 e. The van der Waals surface area contributed by atoms with Gasteiger partial charge in [-0.1, -0.05) is 37.3 Å². The summed E-state index contributed by atoms with van der Waals surface area (Å²) < 4.78 is 27.9.